The molecule has 0 radical (unpaired) electrons. The van der Waals surface area contributed by atoms with Crippen LogP contribution >= 0.6 is 11.3 Å². The van der Waals surface area contributed by atoms with Gasteiger partial charge in [0.15, 0.2) is 0 Å². The number of aryl methyl sites for hydroxylation is 1. The van der Waals surface area contributed by atoms with Crippen molar-refractivity contribution in [2.45, 2.75) is 26.2 Å². The molecule has 0 aliphatic rings. The minimum absolute atomic E-state index is 0.671. The molecule has 19 heavy (non-hydrogen) atoms. The molecule has 0 aliphatic heterocycles. The van der Waals surface area contributed by atoms with E-state index < -0.39 is 0 Å². The Morgan fingerprint density at radius 2 is 2.11 bits per heavy atom. The van der Waals surface area contributed by atoms with Crippen LogP contribution in [0.2, 0.25) is 0 Å². The fourth-order valence-corrected chi connectivity index (χ4v) is 2.77. The Morgan fingerprint density at radius 3 is 2.89 bits per heavy atom. The summed E-state index contributed by atoms with van der Waals surface area (Å²) in [7, 11) is 0. The van der Waals surface area contributed by atoms with Crippen LogP contribution in [0.5, 0.6) is 5.75 Å². The zero-order chi connectivity index (χ0) is 13.5. The van der Waals surface area contributed by atoms with Gasteiger partial charge in [-0.15, -0.1) is 11.3 Å². The fourth-order valence-electron chi connectivity index (χ4n) is 1.93. The van der Waals surface area contributed by atoms with Gasteiger partial charge in [0.25, 0.3) is 0 Å². The predicted molar refractivity (Wildman–Crippen MR) is 80.7 cm³/mol. The van der Waals surface area contributed by atoms with Gasteiger partial charge < -0.3 is 10.5 Å². The molecule has 1 aromatic carbocycles. The molecule has 0 unspecified atom stereocenters. The Labute approximate surface area is 118 Å². The number of rotatable bonds is 7. The lowest BCUT2D eigenvalue weighted by Crippen LogP contribution is -1.98. The number of ether oxygens (including phenoxy) is 1. The van der Waals surface area contributed by atoms with E-state index in [-0.39, 0.29) is 0 Å². The molecule has 102 valence electrons. The van der Waals surface area contributed by atoms with Crippen molar-refractivity contribution in [2.24, 2.45) is 5.73 Å². The van der Waals surface area contributed by atoms with Crippen molar-refractivity contribution < 1.29 is 4.74 Å². The van der Waals surface area contributed by atoms with Crippen LogP contribution < -0.4 is 10.5 Å². The van der Waals surface area contributed by atoms with E-state index in [2.05, 4.69) is 11.4 Å². The number of nitrogens with zero attached hydrogens (tertiary/aromatic N) is 1. The molecule has 1 heterocycles. The van der Waals surface area contributed by atoms with Crippen molar-refractivity contribution in [2.75, 3.05) is 13.2 Å². The third kappa shape index (κ3) is 3.78. The van der Waals surface area contributed by atoms with E-state index in [1.165, 1.54) is 5.01 Å². The molecule has 0 saturated heterocycles. The second-order valence-corrected chi connectivity index (χ2v) is 5.24. The van der Waals surface area contributed by atoms with Gasteiger partial charge in [-0.05, 0) is 44.9 Å². The van der Waals surface area contributed by atoms with Crippen LogP contribution in [0.3, 0.4) is 0 Å². The van der Waals surface area contributed by atoms with Gasteiger partial charge in [0.2, 0.25) is 0 Å². The molecular formula is C15H20N2OS. The molecule has 0 fully saturated rings. The van der Waals surface area contributed by atoms with E-state index >= 15 is 0 Å². The van der Waals surface area contributed by atoms with Crippen LogP contribution in [0, 0.1) is 0 Å². The number of thiazole rings is 1. The minimum atomic E-state index is 0.671. The molecule has 0 atom stereocenters. The van der Waals surface area contributed by atoms with Crippen molar-refractivity contribution in [1.29, 1.82) is 0 Å². The van der Waals surface area contributed by atoms with Crippen LogP contribution in [-0.4, -0.2) is 18.1 Å². The first-order chi connectivity index (χ1) is 9.35. The lowest BCUT2D eigenvalue weighted by molar-refractivity contribution is 0.341. The lowest BCUT2D eigenvalue weighted by atomic mass is 10.1. The van der Waals surface area contributed by atoms with E-state index in [4.69, 9.17) is 15.5 Å². The summed E-state index contributed by atoms with van der Waals surface area (Å²) in [5, 5.41) is 3.28. The highest BCUT2D eigenvalue weighted by Gasteiger charge is 2.09. The predicted octanol–water partition coefficient (Wildman–Crippen LogP) is 3.49. The first-order valence-electron chi connectivity index (χ1n) is 6.71. The molecule has 0 amide bonds. The molecule has 0 spiro atoms. The third-order valence-electron chi connectivity index (χ3n) is 2.86. The summed E-state index contributed by atoms with van der Waals surface area (Å²) in [6.07, 6.45) is 3.18. The second kappa shape index (κ2) is 7.26. The van der Waals surface area contributed by atoms with E-state index in [9.17, 15) is 0 Å². The number of hydrogen-bond acceptors (Lipinski definition) is 4. The first kappa shape index (κ1) is 14.0. The summed E-state index contributed by atoms with van der Waals surface area (Å²) in [5.41, 5.74) is 7.59. The number of unbranched alkanes of at least 4 members (excludes halogenated alkanes) is 1. The number of nitrogens with two attached hydrogens (primary N) is 1. The van der Waals surface area contributed by atoms with Crippen molar-refractivity contribution in [3.8, 4) is 17.0 Å². The lowest BCUT2D eigenvalue weighted by Gasteiger charge is -2.07. The topological polar surface area (TPSA) is 48.1 Å². The van der Waals surface area contributed by atoms with Gasteiger partial charge in [-0.25, -0.2) is 4.98 Å². The highest BCUT2D eigenvalue weighted by Crippen LogP contribution is 2.30. The molecule has 1 aromatic heterocycles. The SMILES string of the molecule is CCOc1ccccc1-c1csc(CCCCN)n1. The summed E-state index contributed by atoms with van der Waals surface area (Å²) in [4.78, 5) is 4.69. The zero-order valence-corrected chi connectivity index (χ0v) is 12.1. The number of hydrogen-bond donors (Lipinski definition) is 1. The zero-order valence-electron chi connectivity index (χ0n) is 11.3. The molecule has 0 bridgehead atoms. The highest BCUT2D eigenvalue weighted by atomic mass is 32.1. The van der Waals surface area contributed by atoms with E-state index in [1.54, 1.807) is 11.3 Å². The largest absolute Gasteiger partial charge is 0.493 e. The maximum absolute atomic E-state index is 5.65. The van der Waals surface area contributed by atoms with Gasteiger partial charge >= 0.3 is 0 Å². The van der Waals surface area contributed by atoms with Gasteiger partial charge in [-0.1, -0.05) is 12.1 Å². The summed E-state index contributed by atoms with van der Waals surface area (Å²) in [6.45, 7) is 3.42. The smallest absolute Gasteiger partial charge is 0.128 e. The maximum atomic E-state index is 5.65. The van der Waals surface area contributed by atoms with Crippen molar-refractivity contribution in [3.63, 3.8) is 0 Å². The van der Waals surface area contributed by atoms with Crippen molar-refractivity contribution in [1.82, 2.24) is 4.98 Å². The molecule has 2 N–H and O–H groups in total. The van der Waals surface area contributed by atoms with Crippen LogP contribution in [0.15, 0.2) is 29.6 Å². The monoisotopic (exact) mass is 276 g/mol. The quantitative estimate of drug-likeness (QED) is 0.787. The normalized spacial score (nSPS) is 10.6. The van der Waals surface area contributed by atoms with E-state index in [0.717, 1.165) is 42.8 Å². The van der Waals surface area contributed by atoms with Gasteiger partial charge in [0.1, 0.15) is 5.75 Å². The Morgan fingerprint density at radius 1 is 1.26 bits per heavy atom. The Bertz CT molecular complexity index is 510. The standard InChI is InChI=1S/C15H20N2OS/c1-2-18-14-8-4-3-7-12(14)13-11-19-15(17-13)9-5-6-10-16/h3-4,7-8,11H,2,5-6,9-10,16H2,1H3. The van der Waals surface area contributed by atoms with Crippen molar-refractivity contribution >= 4 is 11.3 Å². The van der Waals surface area contributed by atoms with Crippen molar-refractivity contribution in [3.05, 3.63) is 34.7 Å². The van der Waals surface area contributed by atoms with Crippen LogP contribution in [0.4, 0.5) is 0 Å². The Hall–Kier alpha value is -1.39. The van der Waals surface area contributed by atoms with Gasteiger partial charge in [-0.3, -0.25) is 0 Å². The van der Waals surface area contributed by atoms with E-state index in [0.29, 0.717) is 6.61 Å². The third-order valence-corrected chi connectivity index (χ3v) is 3.77. The molecule has 2 rings (SSSR count). The molecule has 0 aliphatic carbocycles. The van der Waals surface area contributed by atoms with Gasteiger partial charge in [0, 0.05) is 10.9 Å². The average Bonchev–Trinajstić information content (AvgIpc) is 2.89. The Balaban J connectivity index is 2.13. The molecule has 0 saturated carbocycles. The maximum Gasteiger partial charge on any atom is 0.128 e. The Kier molecular flexibility index (Phi) is 5.36. The average molecular weight is 276 g/mol. The van der Waals surface area contributed by atoms with Crippen LogP contribution in [0.1, 0.15) is 24.8 Å². The second-order valence-electron chi connectivity index (χ2n) is 4.30. The summed E-state index contributed by atoms with van der Waals surface area (Å²) < 4.78 is 5.65. The summed E-state index contributed by atoms with van der Waals surface area (Å²) >= 11 is 1.71. The highest BCUT2D eigenvalue weighted by molar-refractivity contribution is 7.09. The summed E-state index contributed by atoms with van der Waals surface area (Å²) in [5.74, 6) is 0.906. The molecule has 2 aromatic rings. The van der Waals surface area contributed by atoms with E-state index in [1.807, 2.05) is 25.1 Å². The minimum Gasteiger partial charge on any atom is -0.493 e. The number of aromatic nitrogens is 1. The van der Waals surface area contributed by atoms with Crippen LogP contribution in [-0.2, 0) is 6.42 Å². The first-order valence-corrected chi connectivity index (χ1v) is 7.59. The summed E-state index contributed by atoms with van der Waals surface area (Å²) in [6, 6.07) is 8.06. The van der Waals surface area contributed by atoms with Crippen LogP contribution in [0.25, 0.3) is 11.3 Å². The van der Waals surface area contributed by atoms with Gasteiger partial charge in [0.05, 0.1) is 17.3 Å². The number of para-hydroxylation sites is 1. The molecule has 4 heteroatoms. The number of benzene rings is 1. The molecular weight excluding hydrogens is 256 g/mol. The van der Waals surface area contributed by atoms with Gasteiger partial charge in [-0.2, -0.15) is 0 Å². The fraction of sp³-hybridized carbons (Fsp3) is 0.400. The molecule has 3 nitrogen and oxygen atoms in total.